The fourth-order valence-electron chi connectivity index (χ4n) is 2.06. The van der Waals surface area contributed by atoms with Crippen LogP contribution >= 0.6 is 27.5 Å². The van der Waals surface area contributed by atoms with Gasteiger partial charge in [0.2, 0.25) is 0 Å². The van der Waals surface area contributed by atoms with Gasteiger partial charge in [-0.1, -0.05) is 31.5 Å². The van der Waals surface area contributed by atoms with Crippen molar-refractivity contribution < 1.29 is 4.39 Å². The number of rotatable bonds is 5. The van der Waals surface area contributed by atoms with Gasteiger partial charge < -0.3 is 5.32 Å². The maximum absolute atomic E-state index is 14.2. The Labute approximate surface area is 121 Å². The Balaban J connectivity index is 2.09. The van der Waals surface area contributed by atoms with Crippen LogP contribution in [0.3, 0.4) is 0 Å². The van der Waals surface area contributed by atoms with E-state index in [1.54, 1.807) is 0 Å². The highest BCUT2D eigenvalue weighted by Crippen LogP contribution is 2.35. The molecule has 100 valence electrons. The minimum absolute atomic E-state index is 0.177. The first-order chi connectivity index (χ1) is 8.42. The largest absolute Gasteiger partial charge is 0.314 e. The van der Waals surface area contributed by atoms with Crippen LogP contribution in [0.25, 0.3) is 0 Å². The fraction of sp³-hybridized carbons (Fsp3) is 0.571. The summed E-state index contributed by atoms with van der Waals surface area (Å²) in [5.41, 5.74) is 0.476. The summed E-state index contributed by atoms with van der Waals surface area (Å²) in [6.45, 7) is 5.04. The van der Waals surface area contributed by atoms with E-state index in [0.717, 1.165) is 13.0 Å². The van der Waals surface area contributed by atoms with Crippen molar-refractivity contribution in [1.29, 1.82) is 0 Å². The summed E-state index contributed by atoms with van der Waals surface area (Å²) in [4.78, 5) is 0. The molecule has 0 atom stereocenters. The van der Waals surface area contributed by atoms with Crippen LogP contribution in [-0.4, -0.2) is 12.6 Å². The molecule has 4 heteroatoms. The van der Waals surface area contributed by atoms with Gasteiger partial charge in [0.25, 0.3) is 0 Å². The molecule has 0 heterocycles. The van der Waals surface area contributed by atoms with Crippen molar-refractivity contribution in [3.8, 4) is 0 Å². The van der Waals surface area contributed by atoms with Crippen LogP contribution in [0.15, 0.2) is 16.6 Å². The first-order valence-corrected chi connectivity index (χ1v) is 7.46. The summed E-state index contributed by atoms with van der Waals surface area (Å²) in [6, 6.07) is 4.33. The lowest BCUT2D eigenvalue weighted by atomic mass is 9.81. The molecule has 1 fully saturated rings. The highest BCUT2D eigenvalue weighted by atomic mass is 79.9. The van der Waals surface area contributed by atoms with Crippen LogP contribution in [0.1, 0.15) is 38.7 Å². The van der Waals surface area contributed by atoms with Crippen molar-refractivity contribution in [3.05, 3.63) is 33.0 Å². The van der Waals surface area contributed by atoms with Gasteiger partial charge in [-0.3, -0.25) is 0 Å². The van der Waals surface area contributed by atoms with E-state index in [-0.39, 0.29) is 16.3 Å². The standard InChI is InChI=1S/C14H18BrClFN/c1-14(2,7-8-18-9-3-4-9)10-5-6-11(15)12(16)13(10)17/h5-6,9,18H,3-4,7-8H2,1-2H3. The third-order valence-electron chi connectivity index (χ3n) is 3.52. The van der Waals surface area contributed by atoms with E-state index < -0.39 is 0 Å². The maximum atomic E-state index is 14.2. The number of benzene rings is 1. The molecule has 0 aromatic heterocycles. The molecule has 1 aromatic rings. The molecule has 1 aliphatic rings. The van der Waals surface area contributed by atoms with E-state index in [0.29, 0.717) is 16.1 Å². The topological polar surface area (TPSA) is 12.0 Å². The SMILES string of the molecule is CC(C)(CCNC1CC1)c1ccc(Br)c(Cl)c1F. The predicted molar refractivity (Wildman–Crippen MR) is 77.8 cm³/mol. The molecule has 0 radical (unpaired) electrons. The fourth-order valence-corrected chi connectivity index (χ4v) is 2.53. The Kier molecular flexibility index (Phi) is 4.35. The summed E-state index contributed by atoms with van der Waals surface area (Å²) in [6.07, 6.45) is 3.45. The number of hydrogen-bond acceptors (Lipinski definition) is 1. The lowest BCUT2D eigenvalue weighted by Crippen LogP contribution is -2.27. The summed E-state index contributed by atoms with van der Waals surface area (Å²) >= 11 is 9.19. The Bertz CT molecular complexity index is 444. The quantitative estimate of drug-likeness (QED) is 0.772. The van der Waals surface area contributed by atoms with Crippen molar-refractivity contribution in [2.75, 3.05) is 6.54 Å². The molecular formula is C14H18BrClFN. The highest BCUT2D eigenvalue weighted by Gasteiger charge is 2.27. The summed E-state index contributed by atoms with van der Waals surface area (Å²) in [5, 5.41) is 3.64. The van der Waals surface area contributed by atoms with Crippen molar-refractivity contribution >= 4 is 27.5 Å². The lowest BCUT2D eigenvalue weighted by molar-refractivity contribution is 0.433. The van der Waals surface area contributed by atoms with Gasteiger partial charge in [-0.2, -0.15) is 0 Å². The van der Waals surface area contributed by atoms with E-state index in [2.05, 4.69) is 35.1 Å². The van der Waals surface area contributed by atoms with Gasteiger partial charge in [0.15, 0.2) is 0 Å². The Hall–Kier alpha value is -0.120. The number of halogens is 3. The average molecular weight is 335 g/mol. The molecule has 1 saturated carbocycles. The van der Waals surface area contributed by atoms with Crippen LogP contribution in [0.2, 0.25) is 5.02 Å². The highest BCUT2D eigenvalue weighted by molar-refractivity contribution is 9.10. The minimum atomic E-state index is -0.303. The normalized spacial score (nSPS) is 16.1. The predicted octanol–water partition coefficient (Wildman–Crippen LogP) is 4.66. The second-order valence-electron chi connectivity index (χ2n) is 5.59. The summed E-state index contributed by atoms with van der Waals surface area (Å²) in [5.74, 6) is -0.303. The first-order valence-electron chi connectivity index (χ1n) is 6.29. The molecule has 0 aliphatic heterocycles. The molecule has 0 saturated heterocycles. The molecule has 1 aromatic carbocycles. The molecule has 0 spiro atoms. The Morgan fingerprint density at radius 1 is 1.44 bits per heavy atom. The van der Waals surface area contributed by atoms with Gasteiger partial charge in [0, 0.05) is 10.5 Å². The van der Waals surface area contributed by atoms with Crippen LogP contribution in [0.5, 0.6) is 0 Å². The van der Waals surface area contributed by atoms with E-state index in [1.807, 2.05) is 12.1 Å². The smallest absolute Gasteiger partial charge is 0.146 e. The van der Waals surface area contributed by atoms with Crippen LogP contribution in [-0.2, 0) is 5.41 Å². The van der Waals surface area contributed by atoms with Crippen molar-refractivity contribution in [2.45, 2.75) is 44.6 Å². The van der Waals surface area contributed by atoms with Crippen molar-refractivity contribution in [1.82, 2.24) is 5.32 Å². The second-order valence-corrected chi connectivity index (χ2v) is 6.82. The molecule has 0 bridgehead atoms. The minimum Gasteiger partial charge on any atom is -0.314 e. The molecule has 1 aliphatic carbocycles. The third-order valence-corrected chi connectivity index (χ3v) is 4.78. The van der Waals surface area contributed by atoms with Crippen LogP contribution in [0, 0.1) is 5.82 Å². The number of hydrogen-bond donors (Lipinski definition) is 1. The van der Waals surface area contributed by atoms with Gasteiger partial charge in [0.1, 0.15) is 5.82 Å². The molecule has 0 amide bonds. The van der Waals surface area contributed by atoms with Gasteiger partial charge in [-0.05, 0) is 58.8 Å². The van der Waals surface area contributed by atoms with Crippen LogP contribution in [0.4, 0.5) is 4.39 Å². The summed E-state index contributed by atoms with van der Waals surface area (Å²) < 4.78 is 14.8. The van der Waals surface area contributed by atoms with Gasteiger partial charge in [-0.15, -0.1) is 0 Å². The van der Waals surface area contributed by atoms with E-state index in [4.69, 9.17) is 11.6 Å². The van der Waals surface area contributed by atoms with Gasteiger partial charge >= 0.3 is 0 Å². The molecular weight excluding hydrogens is 317 g/mol. The van der Waals surface area contributed by atoms with Crippen molar-refractivity contribution in [2.24, 2.45) is 0 Å². The zero-order valence-electron chi connectivity index (χ0n) is 10.7. The second kappa shape index (κ2) is 5.48. The average Bonchev–Trinajstić information content (AvgIpc) is 3.09. The number of nitrogens with one attached hydrogen (secondary N) is 1. The monoisotopic (exact) mass is 333 g/mol. The zero-order chi connectivity index (χ0) is 13.3. The molecule has 18 heavy (non-hydrogen) atoms. The van der Waals surface area contributed by atoms with E-state index in [1.165, 1.54) is 12.8 Å². The van der Waals surface area contributed by atoms with Crippen LogP contribution < -0.4 is 5.32 Å². The van der Waals surface area contributed by atoms with Gasteiger partial charge in [-0.25, -0.2) is 4.39 Å². The molecule has 1 N–H and O–H groups in total. The van der Waals surface area contributed by atoms with E-state index >= 15 is 0 Å². The van der Waals surface area contributed by atoms with Crippen molar-refractivity contribution in [3.63, 3.8) is 0 Å². The molecule has 0 unspecified atom stereocenters. The first kappa shape index (κ1) is 14.3. The zero-order valence-corrected chi connectivity index (χ0v) is 13.0. The lowest BCUT2D eigenvalue weighted by Gasteiger charge is -2.26. The Morgan fingerprint density at radius 2 is 2.11 bits per heavy atom. The summed E-state index contributed by atoms with van der Waals surface area (Å²) in [7, 11) is 0. The van der Waals surface area contributed by atoms with E-state index in [9.17, 15) is 4.39 Å². The third kappa shape index (κ3) is 3.25. The maximum Gasteiger partial charge on any atom is 0.146 e. The molecule has 1 nitrogen and oxygen atoms in total. The molecule has 2 rings (SSSR count). The van der Waals surface area contributed by atoms with Gasteiger partial charge in [0.05, 0.1) is 5.02 Å². The Morgan fingerprint density at radius 3 is 2.72 bits per heavy atom.